The molecule has 1 aromatic heterocycles. The number of carbonyl (C=O) groups excluding carboxylic acids is 2. The van der Waals surface area contributed by atoms with Gasteiger partial charge in [0, 0.05) is 23.1 Å². The number of hydrogen-bond donors (Lipinski definition) is 2. The molecule has 0 aliphatic heterocycles. The van der Waals surface area contributed by atoms with Gasteiger partial charge in [-0.2, -0.15) is 0 Å². The molecule has 3 rings (SSSR count). The molecule has 3 aromatic rings. The van der Waals surface area contributed by atoms with E-state index in [0.717, 1.165) is 5.56 Å². The number of amides is 2. The van der Waals surface area contributed by atoms with Gasteiger partial charge >= 0.3 is 0 Å². The summed E-state index contributed by atoms with van der Waals surface area (Å²) in [6.45, 7) is 1.96. The highest BCUT2D eigenvalue weighted by Crippen LogP contribution is 2.27. The summed E-state index contributed by atoms with van der Waals surface area (Å²) < 4.78 is 5.09. The first-order valence-electron chi connectivity index (χ1n) is 8.45. The molecule has 6 nitrogen and oxygen atoms in total. The van der Waals surface area contributed by atoms with E-state index in [-0.39, 0.29) is 11.6 Å². The topological polar surface area (TPSA) is 80.3 Å². The van der Waals surface area contributed by atoms with E-state index in [9.17, 15) is 9.59 Å². The van der Waals surface area contributed by atoms with Crippen LogP contribution in [0.25, 0.3) is 0 Å². The standard InChI is InChI=1S/C21H18ClN3O3/c1-13-3-5-15(6-4-13)24-21(27)18-11-14(9-10-23-18)20(26)25-16-7-8-19(28-2)17(22)12-16/h3-12H,1-2H3,(H,24,27)(H,25,26). The molecule has 2 amide bonds. The van der Waals surface area contributed by atoms with Crippen LogP contribution in [0, 0.1) is 6.92 Å². The smallest absolute Gasteiger partial charge is 0.274 e. The van der Waals surface area contributed by atoms with Crippen molar-refractivity contribution in [3.63, 3.8) is 0 Å². The highest BCUT2D eigenvalue weighted by molar-refractivity contribution is 6.32. The van der Waals surface area contributed by atoms with Gasteiger partial charge in [0.05, 0.1) is 12.1 Å². The van der Waals surface area contributed by atoms with E-state index in [4.69, 9.17) is 16.3 Å². The summed E-state index contributed by atoms with van der Waals surface area (Å²) >= 11 is 6.07. The molecule has 0 saturated heterocycles. The van der Waals surface area contributed by atoms with E-state index >= 15 is 0 Å². The summed E-state index contributed by atoms with van der Waals surface area (Å²) in [5.74, 6) is -0.266. The fourth-order valence-corrected chi connectivity index (χ4v) is 2.73. The Morgan fingerprint density at radius 3 is 2.29 bits per heavy atom. The lowest BCUT2D eigenvalue weighted by atomic mass is 10.2. The van der Waals surface area contributed by atoms with E-state index in [1.807, 2.05) is 19.1 Å². The molecule has 0 bridgehead atoms. The third kappa shape index (κ3) is 4.66. The second-order valence-electron chi connectivity index (χ2n) is 6.05. The van der Waals surface area contributed by atoms with Crippen molar-refractivity contribution in [1.29, 1.82) is 0 Å². The Labute approximate surface area is 167 Å². The van der Waals surface area contributed by atoms with Crippen molar-refractivity contribution in [3.05, 3.63) is 82.6 Å². The van der Waals surface area contributed by atoms with Crippen molar-refractivity contribution in [2.24, 2.45) is 0 Å². The van der Waals surface area contributed by atoms with Crippen molar-refractivity contribution in [2.45, 2.75) is 6.92 Å². The van der Waals surface area contributed by atoms with Gasteiger partial charge in [-0.25, -0.2) is 0 Å². The summed E-state index contributed by atoms with van der Waals surface area (Å²) in [6, 6.07) is 15.3. The van der Waals surface area contributed by atoms with Crippen molar-refractivity contribution in [2.75, 3.05) is 17.7 Å². The van der Waals surface area contributed by atoms with Crippen LogP contribution in [0.15, 0.2) is 60.8 Å². The van der Waals surface area contributed by atoms with Gasteiger partial charge in [-0.3, -0.25) is 14.6 Å². The van der Waals surface area contributed by atoms with E-state index in [0.29, 0.717) is 27.7 Å². The number of methoxy groups -OCH3 is 1. The van der Waals surface area contributed by atoms with Gasteiger partial charge in [-0.05, 0) is 49.4 Å². The van der Waals surface area contributed by atoms with Crippen molar-refractivity contribution in [1.82, 2.24) is 4.98 Å². The molecule has 2 aromatic carbocycles. The lowest BCUT2D eigenvalue weighted by Crippen LogP contribution is -2.17. The predicted molar refractivity (Wildman–Crippen MR) is 109 cm³/mol. The molecule has 2 N–H and O–H groups in total. The summed E-state index contributed by atoms with van der Waals surface area (Å²) in [6.07, 6.45) is 1.42. The number of anilines is 2. The largest absolute Gasteiger partial charge is 0.495 e. The third-order valence-electron chi connectivity index (χ3n) is 3.97. The minimum atomic E-state index is -0.397. The molecule has 0 spiro atoms. The number of benzene rings is 2. The Kier molecular flexibility index (Phi) is 5.91. The van der Waals surface area contributed by atoms with E-state index in [2.05, 4.69) is 15.6 Å². The monoisotopic (exact) mass is 395 g/mol. The molecule has 0 atom stereocenters. The van der Waals surface area contributed by atoms with Crippen LogP contribution in [-0.4, -0.2) is 23.9 Å². The zero-order valence-electron chi connectivity index (χ0n) is 15.3. The second kappa shape index (κ2) is 8.54. The van der Waals surface area contributed by atoms with Crippen LogP contribution in [0.2, 0.25) is 5.02 Å². The van der Waals surface area contributed by atoms with Crippen LogP contribution in [0.4, 0.5) is 11.4 Å². The zero-order valence-corrected chi connectivity index (χ0v) is 16.1. The maximum atomic E-state index is 12.5. The lowest BCUT2D eigenvalue weighted by Gasteiger charge is -2.09. The Morgan fingerprint density at radius 1 is 0.929 bits per heavy atom. The molecule has 0 saturated carbocycles. The predicted octanol–water partition coefficient (Wildman–Crippen LogP) is 4.56. The van der Waals surface area contributed by atoms with Crippen LogP contribution >= 0.6 is 11.6 Å². The second-order valence-corrected chi connectivity index (χ2v) is 6.46. The first kappa shape index (κ1) is 19.4. The minimum Gasteiger partial charge on any atom is -0.495 e. The average Bonchev–Trinajstić information content (AvgIpc) is 2.70. The van der Waals surface area contributed by atoms with E-state index in [1.165, 1.54) is 25.4 Å². The zero-order chi connectivity index (χ0) is 20.1. The van der Waals surface area contributed by atoms with Crippen molar-refractivity contribution < 1.29 is 14.3 Å². The molecular weight excluding hydrogens is 378 g/mol. The van der Waals surface area contributed by atoms with Gasteiger partial charge in [-0.15, -0.1) is 0 Å². The fraction of sp³-hybridized carbons (Fsp3) is 0.0952. The van der Waals surface area contributed by atoms with Gasteiger partial charge in [0.2, 0.25) is 0 Å². The summed E-state index contributed by atoms with van der Waals surface area (Å²) in [5.41, 5.74) is 2.70. The number of nitrogens with one attached hydrogen (secondary N) is 2. The van der Waals surface area contributed by atoms with Gasteiger partial charge in [0.25, 0.3) is 11.8 Å². The van der Waals surface area contributed by atoms with Crippen LogP contribution < -0.4 is 15.4 Å². The number of carbonyl (C=O) groups is 2. The number of hydrogen-bond acceptors (Lipinski definition) is 4. The number of pyridine rings is 1. The normalized spacial score (nSPS) is 10.2. The van der Waals surface area contributed by atoms with Crippen molar-refractivity contribution >= 4 is 34.8 Å². The maximum Gasteiger partial charge on any atom is 0.274 e. The summed E-state index contributed by atoms with van der Waals surface area (Å²) in [5, 5.41) is 5.87. The molecule has 0 aliphatic rings. The average molecular weight is 396 g/mol. The molecule has 0 radical (unpaired) electrons. The van der Waals surface area contributed by atoms with E-state index in [1.54, 1.807) is 30.3 Å². The van der Waals surface area contributed by atoms with Crippen LogP contribution in [0.3, 0.4) is 0 Å². The number of rotatable bonds is 5. The molecule has 7 heteroatoms. The van der Waals surface area contributed by atoms with Gasteiger partial charge in [0.1, 0.15) is 11.4 Å². The number of aryl methyl sites for hydroxylation is 1. The lowest BCUT2D eigenvalue weighted by molar-refractivity contribution is 0.102. The molecular formula is C21H18ClN3O3. The van der Waals surface area contributed by atoms with Crippen LogP contribution in [0.1, 0.15) is 26.4 Å². The number of aromatic nitrogens is 1. The third-order valence-corrected chi connectivity index (χ3v) is 4.27. The first-order valence-corrected chi connectivity index (χ1v) is 8.83. The summed E-state index contributed by atoms with van der Waals surface area (Å²) in [4.78, 5) is 29.0. The Hall–Kier alpha value is -3.38. The highest BCUT2D eigenvalue weighted by Gasteiger charge is 2.13. The molecule has 0 unspecified atom stereocenters. The summed E-state index contributed by atoms with van der Waals surface area (Å²) in [7, 11) is 1.51. The molecule has 142 valence electrons. The van der Waals surface area contributed by atoms with Crippen LogP contribution in [-0.2, 0) is 0 Å². The SMILES string of the molecule is COc1ccc(NC(=O)c2ccnc(C(=O)Nc3ccc(C)cc3)c2)cc1Cl. The van der Waals surface area contributed by atoms with Crippen LogP contribution in [0.5, 0.6) is 5.75 Å². The van der Waals surface area contributed by atoms with Gasteiger partial charge in [0.15, 0.2) is 0 Å². The van der Waals surface area contributed by atoms with Gasteiger partial charge in [-0.1, -0.05) is 29.3 Å². The molecule has 0 fully saturated rings. The van der Waals surface area contributed by atoms with Crippen molar-refractivity contribution in [3.8, 4) is 5.75 Å². The number of nitrogens with zero attached hydrogens (tertiary/aromatic N) is 1. The quantitative estimate of drug-likeness (QED) is 0.663. The Morgan fingerprint density at radius 2 is 1.61 bits per heavy atom. The Balaban J connectivity index is 1.73. The molecule has 1 heterocycles. The number of ether oxygens (including phenoxy) is 1. The maximum absolute atomic E-state index is 12.5. The highest BCUT2D eigenvalue weighted by atomic mass is 35.5. The first-order chi connectivity index (χ1) is 13.5. The molecule has 0 aliphatic carbocycles. The van der Waals surface area contributed by atoms with E-state index < -0.39 is 5.91 Å². The van der Waals surface area contributed by atoms with Gasteiger partial charge < -0.3 is 15.4 Å². The Bertz CT molecular complexity index is 1020. The number of halogens is 1. The fourth-order valence-electron chi connectivity index (χ4n) is 2.48. The molecule has 28 heavy (non-hydrogen) atoms. The minimum absolute atomic E-state index is 0.140.